The second-order valence-corrected chi connectivity index (χ2v) is 6.27. The van der Waals surface area contributed by atoms with E-state index in [-0.39, 0.29) is 0 Å². The molecule has 4 nitrogen and oxygen atoms in total. The zero-order valence-electron chi connectivity index (χ0n) is 12.5. The Kier molecular flexibility index (Phi) is 3.72. The van der Waals surface area contributed by atoms with E-state index in [0.29, 0.717) is 5.28 Å². The first-order valence-corrected chi connectivity index (χ1v) is 8.27. The van der Waals surface area contributed by atoms with E-state index in [9.17, 15) is 0 Å². The maximum absolute atomic E-state index is 6.19. The second kappa shape index (κ2) is 5.86. The summed E-state index contributed by atoms with van der Waals surface area (Å²) < 4.78 is 0. The highest BCUT2D eigenvalue weighted by Crippen LogP contribution is 2.29. The molecule has 1 aromatic carbocycles. The minimum Gasteiger partial charge on any atom is -0.352 e. The van der Waals surface area contributed by atoms with Gasteiger partial charge in [-0.2, -0.15) is 0 Å². The summed E-state index contributed by atoms with van der Waals surface area (Å²) in [6.45, 7) is 3.84. The van der Waals surface area contributed by atoms with E-state index in [0.717, 1.165) is 57.0 Å². The standard InChI is InChI=1S/C17H19ClN4/c18-17-20-15-6-9-19-8-5-14(15)16(21-17)22-10-7-12-3-1-2-4-13(12)11-22/h1-4,19H,5-11H2. The molecule has 0 spiro atoms. The van der Waals surface area contributed by atoms with Crippen molar-refractivity contribution in [2.45, 2.75) is 25.8 Å². The molecule has 0 saturated heterocycles. The Labute approximate surface area is 135 Å². The van der Waals surface area contributed by atoms with Crippen LogP contribution in [0.5, 0.6) is 0 Å². The minimum atomic E-state index is 0.370. The van der Waals surface area contributed by atoms with Crippen molar-refractivity contribution in [1.82, 2.24) is 15.3 Å². The van der Waals surface area contributed by atoms with Gasteiger partial charge >= 0.3 is 0 Å². The van der Waals surface area contributed by atoms with Gasteiger partial charge < -0.3 is 10.2 Å². The van der Waals surface area contributed by atoms with E-state index < -0.39 is 0 Å². The van der Waals surface area contributed by atoms with E-state index in [2.05, 4.69) is 44.5 Å². The maximum Gasteiger partial charge on any atom is 0.224 e. The van der Waals surface area contributed by atoms with Gasteiger partial charge in [0, 0.05) is 31.6 Å². The highest BCUT2D eigenvalue weighted by molar-refractivity contribution is 6.28. The molecular weight excluding hydrogens is 296 g/mol. The van der Waals surface area contributed by atoms with Gasteiger partial charge in [-0.1, -0.05) is 24.3 Å². The van der Waals surface area contributed by atoms with Crippen molar-refractivity contribution in [3.05, 3.63) is 51.9 Å². The molecule has 0 fully saturated rings. The van der Waals surface area contributed by atoms with Gasteiger partial charge in [-0.05, 0) is 42.1 Å². The summed E-state index contributed by atoms with van der Waals surface area (Å²) in [7, 11) is 0. The number of nitrogens with zero attached hydrogens (tertiary/aromatic N) is 3. The molecule has 5 heteroatoms. The number of aromatic nitrogens is 2. The molecule has 0 atom stereocenters. The molecular formula is C17H19ClN4. The lowest BCUT2D eigenvalue weighted by molar-refractivity contribution is 0.701. The number of benzene rings is 1. The van der Waals surface area contributed by atoms with Gasteiger partial charge in [0.25, 0.3) is 0 Å². The number of hydrogen-bond donors (Lipinski definition) is 1. The van der Waals surface area contributed by atoms with Crippen LogP contribution in [0.3, 0.4) is 0 Å². The highest BCUT2D eigenvalue weighted by Gasteiger charge is 2.23. The molecule has 4 rings (SSSR count). The highest BCUT2D eigenvalue weighted by atomic mass is 35.5. The Morgan fingerprint density at radius 3 is 2.73 bits per heavy atom. The van der Waals surface area contributed by atoms with E-state index in [1.54, 1.807) is 0 Å². The number of hydrogen-bond acceptors (Lipinski definition) is 4. The molecule has 1 aromatic heterocycles. The first-order valence-electron chi connectivity index (χ1n) is 7.89. The number of fused-ring (bicyclic) bond motifs is 2. The van der Waals surface area contributed by atoms with Crippen LogP contribution >= 0.6 is 11.6 Å². The smallest absolute Gasteiger partial charge is 0.224 e. The summed E-state index contributed by atoms with van der Waals surface area (Å²) in [6.07, 6.45) is 2.96. The summed E-state index contributed by atoms with van der Waals surface area (Å²) in [5.74, 6) is 1.04. The van der Waals surface area contributed by atoms with Crippen molar-refractivity contribution in [2.24, 2.45) is 0 Å². The molecule has 1 N–H and O–H groups in total. The summed E-state index contributed by atoms with van der Waals surface area (Å²) in [5, 5.41) is 3.80. The molecule has 0 bridgehead atoms. The average Bonchev–Trinajstić information content (AvgIpc) is 2.79. The lowest BCUT2D eigenvalue weighted by Gasteiger charge is -2.31. The molecule has 0 amide bonds. The third-order valence-corrected chi connectivity index (χ3v) is 4.73. The number of anilines is 1. The van der Waals surface area contributed by atoms with Gasteiger partial charge in [0.05, 0.1) is 5.69 Å². The van der Waals surface area contributed by atoms with Crippen LogP contribution in [0, 0.1) is 0 Å². The van der Waals surface area contributed by atoms with E-state index in [1.807, 2.05) is 0 Å². The van der Waals surface area contributed by atoms with Crippen LogP contribution < -0.4 is 10.2 Å². The topological polar surface area (TPSA) is 41.1 Å². The van der Waals surface area contributed by atoms with Crippen LogP contribution in [-0.2, 0) is 25.8 Å². The third-order valence-electron chi connectivity index (χ3n) is 4.56. The normalized spacial score (nSPS) is 17.6. The van der Waals surface area contributed by atoms with E-state index >= 15 is 0 Å². The van der Waals surface area contributed by atoms with Gasteiger partial charge in [0.2, 0.25) is 5.28 Å². The van der Waals surface area contributed by atoms with E-state index in [1.165, 1.54) is 16.7 Å². The fourth-order valence-electron chi connectivity index (χ4n) is 3.43. The van der Waals surface area contributed by atoms with Crippen molar-refractivity contribution in [3.8, 4) is 0 Å². The summed E-state index contributed by atoms with van der Waals surface area (Å²) >= 11 is 6.19. The van der Waals surface area contributed by atoms with Gasteiger partial charge in [0.15, 0.2) is 0 Å². The molecule has 0 unspecified atom stereocenters. The zero-order valence-corrected chi connectivity index (χ0v) is 13.2. The van der Waals surface area contributed by atoms with Gasteiger partial charge in [-0.15, -0.1) is 0 Å². The van der Waals surface area contributed by atoms with Gasteiger partial charge in [0.1, 0.15) is 5.82 Å². The summed E-state index contributed by atoms with van der Waals surface area (Å²) in [4.78, 5) is 11.4. The quantitative estimate of drug-likeness (QED) is 0.821. The fourth-order valence-corrected chi connectivity index (χ4v) is 3.62. The second-order valence-electron chi connectivity index (χ2n) is 5.93. The molecule has 3 heterocycles. The summed E-state index contributed by atoms with van der Waals surface area (Å²) in [6, 6.07) is 8.67. The van der Waals surface area contributed by atoms with Crippen LogP contribution in [0.2, 0.25) is 5.28 Å². The van der Waals surface area contributed by atoms with Crippen molar-refractivity contribution in [2.75, 3.05) is 24.5 Å². The lowest BCUT2D eigenvalue weighted by atomic mass is 9.99. The van der Waals surface area contributed by atoms with Crippen molar-refractivity contribution in [3.63, 3.8) is 0 Å². The Morgan fingerprint density at radius 2 is 1.82 bits per heavy atom. The monoisotopic (exact) mass is 314 g/mol. The Morgan fingerprint density at radius 1 is 1.00 bits per heavy atom. The van der Waals surface area contributed by atoms with Gasteiger partial charge in [-0.3, -0.25) is 0 Å². The molecule has 0 radical (unpaired) electrons. The van der Waals surface area contributed by atoms with Gasteiger partial charge in [-0.25, -0.2) is 9.97 Å². The van der Waals surface area contributed by atoms with E-state index in [4.69, 9.17) is 11.6 Å². The number of nitrogens with one attached hydrogen (secondary N) is 1. The molecule has 2 aromatic rings. The molecule has 22 heavy (non-hydrogen) atoms. The van der Waals surface area contributed by atoms with Crippen LogP contribution in [0.25, 0.3) is 0 Å². The van der Waals surface area contributed by atoms with Crippen LogP contribution in [0.1, 0.15) is 22.4 Å². The number of rotatable bonds is 1. The van der Waals surface area contributed by atoms with Crippen molar-refractivity contribution < 1.29 is 0 Å². The minimum absolute atomic E-state index is 0.370. The Bertz CT molecular complexity index is 701. The van der Waals surface area contributed by atoms with Crippen LogP contribution in [0.4, 0.5) is 5.82 Å². The van der Waals surface area contributed by atoms with Crippen molar-refractivity contribution >= 4 is 17.4 Å². The molecule has 0 saturated carbocycles. The Balaban J connectivity index is 1.73. The largest absolute Gasteiger partial charge is 0.352 e. The maximum atomic E-state index is 6.19. The molecule has 2 aliphatic heterocycles. The molecule has 2 aliphatic rings. The predicted octanol–water partition coefficient (Wildman–Crippen LogP) is 2.38. The Hall–Kier alpha value is -1.65. The molecule has 114 valence electrons. The SMILES string of the molecule is Clc1nc2c(c(N3CCc4ccccc4C3)n1)CCNCC2. The van der Waals surface area contributed by atoms with Crippen LogP contribution in [-0.4, -0.2) is 29.6 Å². The number of halogens is 1. The van der Waals surface area contributed by atoms with Crippen molar-refractivity contribution in [1.29, 1.82) is 0 Å². The lowest BCUT2D eigenvalue weighted by Crippen LogP contribution is -2.32. The predicted molar refractivity (Wildman–Crippen MR) is 88.5 cm³/mol. The fraction of sp³-hybridized carbons (Fsp3) is 0.412. The first-order chi connectivity index (χ1) is 10.8. The zero-order chi connectivity index (χ0) is 14.9. The summed E-state index contributed by atoms with van der Waals surface area (Å²) in [5.41, 5.74) is 5.23. The molecule has 0 aliphatic carbocycles. The average molecular weight is 315 g/mol. The van der Waals surface area contributed by atoms with Crippen LogP contribution in [0.15, 0.2) is 24.3 Å². The first kappa shape index (κ1) is 14.0. The third kappa shape index (κ3) is 2.57.